The van der Waals surface area contributed by atoms with Gasteiger partial charge in [0.2, 0.25) is 0 Å². The molecule has 1 heterocycles. The quantitative estimate of drug-likeness (QED) is 0.643. The molecule has 2 N–H and O–H groups in total. The molecule has 0 aromatic heterocycles. The van der Waals surface area contributed by atoms with Gasteiger partial charge in [0.05, 0.1) is 4.92 Å². The Hall–Kier alpha value is -1.69. The molecule has 1 saturated heterocycles. The summed E-state index contributed by atoms with van der Waals surface area (Å²) in [4.78, 5) is 12.1. The Balaban J connectivity index is 2.46. The van der Waals surface area contributed by atoms with Gasteiger partial charge in [-0.2, -0.15) is 0 Å². The maximum Gasteiger partial charge on any atom is 0.295 e. The van der Waals surface area contributed by atoms with Crippen molar-refractivity contribution in [2.24, 2.45) is 5.73 Å². The van der Waals surface area contributed by atoms with Crippen molar-refractivity contribution in [2.45, 2.75) is 18.9 Å². The fourth-order valence-corrected chi connectivity index (χ4v) is 2.31. The number of nitro benzene ring substituents is 1. The molecule has 1 aromatic rings. The first-order chi connectivity index (χ1) is 8.15. The van der Waals surface area contributed by atoms with E-state index in [0.29, 0.717) is 13.1 Å². The first kappa shape index (κ1) is 11.8. The van der Waals surface area contributed by atoms with E-state index in [0.717, 1.165) is 12.8 Å². The SMILES string of the molecule is NCC1CCCN1c1c(F)cccc1[N+](=O)[O-]. The van der Waals surface area contributed by atoms with E-state index in [1.165, 1.54) is 18.2 Å². The fourth-order valence-electron chi connectivity index (χ4n) is 2.31. The third kappa shape index (κ3) is 2.08. The second-order valence-corrected chi connectivity index (χ2v) is 4.09. The van der Waals surface area contributed by atoms with E-state index < -0.39 is 10.7 Å². The number of rotatable bonds is 3. The van der Waals surface area contributed by atoms with Crippen LogP contribution in [-0.4, -0.2) is 24.1 Å². The van der Waals surface area contributed by atoms with E-state index in [-0.39, 0.29) is 17.4 Å². The van der Waals surface area contributed by atoms with Crippen molar-refractivity contribution >= 4 is 11.4 Å². The van der Waals surface area contributed by atoms with Crippen molar-refractivity contribution < 1.29 is 9.31 Å². The Morgan fingerprint density at radius 2 is 2.35 bits per heavy atom. The van der Waals surface area contributed by atoms with Crippen molar-refractivity contribution in [1.29, 1.82) is 0 Å². The van der Waals surface area contributed by atoms with E-state index in [2.05, 4.69) is 0 Å². The van der Waals surface area contributed by atoms with Crippen LogP contribution < -0.4 is 10.6 Å². The minimum Gasteiger partial charge on any atom is -0.359 e. The molecule has 0 spiro atoms. The lowest BCUT2D eigenvalue weighted by molar-refractivity contribution is -0.384. The number of benzene rings is 1. The predicted molar refractivity (Wildman–Crippen MR) is 62.5 cm³/mol. The molecule has 0 saturated carbocycles. The van der Waals surface area contributed by atoms with Crippen LogP contribution in [0.3, 0.4) is 0 Å². The second kappa shape index (κ2) is 4.67. The van der Waals surface area contributed by atoms with Crippen LogP contribution in [0.2, 0.25) is 0 Å². The Morgan fingerprint density at radius 3 is 3.00 bits per heavy atom. The normalized spacial score (nSPS) is 19.6. The largest absolute Gasteiger partial charge is 0.359 e. The topological polar surface area (TPSA) is 72.4 Å². The molecule has 2 rings (SSSR count). The summed E-state index contributed by atoms with van der Waals surface area (Å²) in [6, 6.07) is 3.91. The minimum absolute atomic E-state index is 0.00870. The highest BCUT2D eigenvalue weighted by Gasteiger charge is 2.31. The fraction of sp³-hybridized carbons (Fsp3) is 0.455. The number of para-hydroxylation sites is 1. The molecule has 5 nitrogen and oxygen atoms in total. The lowest BCUT2D eigenvalue weighted by Crippen LogP contribution is -2.36. The maximum absolute atomic E-state index is 13.8. The van der Waals surface area contributed by atoms with Gasteiger partial charge in [-0.1, -0.05) is 6.07 Å². The first-order valence-corrected chi connectivity index (χ1v) is 5.54. The zero-order valence-corrected chi connectivity index (χ0v) is 9.30. The van der Waals surface area contributed by atoms with Crippen LogP contribution in [-0.2, 0) is 0 Å². The van der Waals surface area contributed by atoms with Crippen LogP contribution in [0.25, 0.3) is 0 Å². The van der Waals surface area contributed by atoms with Crippen molar-refractivity contribution in [2.75, 3.05) is 18.0 Å². The standard InChI is InChI=1S/C11H14FN3O2/c12-9-4-1-5-10(15(16)17)11(9)14-6-2-3-8(14)7-13/h1,4-5,8H,2-3,6-7,13H2. The van der Waals surface area contributed by atoms with Crippen LogP contribution in [0.1, 0.15) is 12.8 Å². The number of nitrogens with two attached hydrogens (primary N) is 1. The molecule has 0 aliphatic carbocycles. The molecule has 1 atom stereocenters. The Bertz CT molecular complexity index is 439. The Morgan fingerprint density at radius 1 is 1.59 bits per heavy atom. The van der Waals surface area contributed by atoms with Crippen LogP contribution >= 0.6 is 0 Å². The highest BCUT2D eigenvalue weighted by atomic mass is 19.1. The monoisotopic (exact) mass is 239 g/mol. The van der Waals surface area contributed by atoms with Crippen molar-refractivity contribution in [1.82, 2.24) is 0 Å². The van der Waals surface area contributed by atoms with E-state index in [4.69, 9.17) is 5.73 Å². The van der Waals surface area contributed by atoms with Crippen molar-refractivity contribution in [3.05, 3.63) is 34.1 Å². The van der Waals surface area contributed by atoms with Crippen LogP contribution in [0.5, 0.6) is 0 Å². The summed E-state index contributed by atoms with van der Waals surface area (Å²) < 4.78 is 13.8. The average Bonchev–Trinajstić information content (AvgIpc) is 2.76. The van der Waals surface area contributed by atoms with Crippen molar-refractivity contribution in [3.63, 3.8) is 0 Å². The predicted octanol–water partition coefficient (Wildman–Crippen LogP) is 1.66. The van der Waals surface area contributed by atoms with Crippen LogP contribution in [0, 0.1) is 15.9 Å². The second-order valence-electron chi connectivity index (χ2n) is 4.09. The highest BCUT2D eigenvalue weighted by Crippen LogP contribution is 2.35. The van der Waals surface area contributed by atoms with Gasteiger partial charge in [-0.3, -0.25) is 10.1 Å². The van der Waals surface area contributed by atoms with Gasteiger partial charge in [0.25, 0.3) is 5.69 Å². The number of hydrogen-bond donors (Lipinski definition) is 1. The molecule has 92 valence electrons. The van der Waals surface area contributed by atoms with Gasteiger partial charge in [-0.25, -0.2) is 4.39 Å². The molecule has 1 aromatic carbocycles. The number of nitro groups is 1. The lowest BCUT2D eigenvalue weighted by atomic mass is 10.2. The molecule has 0 amide bonds. The summed E-state index contributed by atoms with van der Waals surface area (Å²) in [5, 5.41) is 10.9. The van der Waals surface area contributed by atoms with E-state index in [9.17, 15) is 14.5 Å². The van der Waals surface area contributed by atoms with Gasteiger partial charge in [0.1, 0.15) is 0 Å². The summed E-state index contributed by atoms with van der Waals surface area (Å²) >= 11 is 0. The molecule has 0 bridgehead atoms. The number of halogens is 1. The third-order valence-electron chi connectivity index (χ3n) is 3.10. The summed E-state index contributed by atoms with van der Waals surface area (Å²) in [7, 11) is 0. The molecule has 1 aliphatic heterocycles. The van der Waals surface area contributed by atoms with Gasteiger partial charge < -0.3 is 10.6 Å². The van der Waals surface area contributed by atoms with E-state index in [1.807, 2.05) is 0 Å². The number of nitrogens with zero attached hydrogens (tertiary/aromatic N) is 2. The molecular weight excluding hydrogens is 225 g/mol. The molecule has 6 heteroatoms. The molecule has 1 fully saturated rings. The van der Waals surface area contributed by atoms with E-state index in [1.54, 1.807) is 4.90 Å². The summed E-state index contributed by atoms with van der Waals surface area (Å²) in [5.41, 5.74) is 5.49. The lowest BCUT2D eigenvalue weighted by Gasteiger charge is -2.25. The van der Waals surface area contributed by atoms with E-state index >= 15 is 0 Å². The summed E-state index contributed by atoms with van der Waals surface area (Å²) in [6.07, 6.45) is 1.73. The van der Waals surface area contributed by atoms with Gasteiger partial charge in [0.15, 0.2) is 11.5 Å². The summed E-state index contributed by atoms with van der Waals surface area (Å²) in [5.74, 6) is -0.556. The Labute approximate surface area is 98.2 Å². The van der Waals surface area contributed by atoms with Gasteiger partial charge in [-0.05, 0) is 18.9 Å². The molecular formula is C11H14FN3O2. The summed E-state index contributed by atoms with van der Waals surface area (Å²) in [6.45, 7) is 0.995. The molecule has 1 unspecified atom stereocenters. The van der Waals surface area contributed by atoms with Crippen LogP contribution in [0.4, 0.5) is 15.8 Å². The molecule has 17 heavy (non-hydrogen) atoms. The minimum atomic E-state index is -0.556. The maximum atomic E-state index is 13.8. The van der Waals surface area contributed by atoms with Gasteiger partial charge in [0, 0.05) is 25.2 Å². The highest BCUT2D eigenvalue weighted by molar-refractivity contribution is 5.65. The zero-order chi connectivity index (χ0) is 12.4. The van der Waals surface area contributed by atoms with Gasteiger partial charge in [-0.15, -0.1) is 0 Å². The number of anilines is 1. The molecule has 1 aliphatic rings. The van der Waals surface area contributed by atoms with Gasteiger partial charge >= 0.3 is 0 Å². The van der Waals surface area contributed by atoms with Crippen LogP contribution in [0.15, 0.2) is 18.2 Å². The first-order valence-electron chi connectivity index (χ1n) is 5.54. The zero-order valence-electron chi connectivity index (χ0n) is 9.30. The van der Waals surface area contributed by atoms with Crippen molar-refractivity contribution in [3.8, 4) is 0 Å². The third-order valence-corrected chi connectivity index (χ3v) is 3.10. The number of hydrogen-bond acceptors (Lipinski definition) is 4. The average molecular weight is 239 g/mol. The Kier molecular flexibility index (Phi) is 3.23. The molecule has 0 radical (unpaired) electrons. The smallest absolute Gasteiger partial charge is 0.295 e.